The highest BCUT2D eigenvalue weighted by Gasteiger charge is 2.24. The summed E-state index contributed by atoms with van der Waals surface area (Å²) in [4.78, 5) is 12.5. The van der Waals surface area contributed by atoms with Crippen LogP contribution in [0.15, 0.2) is 18.2 Å². The molecule has 6 heteroatoms. The molecule has 1 aromatic carbocycles. The van der Waals surface area contributed by atoms with Crippen LogP contribution in [0.5, 0.6) is 0 Å². The molecule has 0 amide bonds. The lowest BCUT2D eigenvalue weighted by Gasteiger charge is -2.34. The molecule has 1 fully saturated rings. The third kappa shape index (κ3) is 3.21. The molecule has 3 N–H and O–H groups in total. The lowest BCUT2D eigenvalue weighted by Crippen LogP contribution is -2.41. The Balaban J connectivity index is 2.10. The maximum Gasteiger partial charge on any atom is 0.269 e. The second-order valence-electron chi connectivity index (χ2n) is 5.21. The Bertz CT molecular complexity index is 478. The summed E-state index contributed by atoms with van der Waals surface area (Å²) in [6.07, 6.45) is 0.481. The quantitative estimate of drug-likeness (QED) is 0.489. The van der Waals surface area contributed by atoms with E-state index < -0.39 is 4.92 Å². The van der Waals surface area contributed by atoms with Gasteiger partial charge in [0.1, 0.15) is 0 Å². The number of anilines is 1. The van der Waals surface area contributed by atoms with Gasteiger partial charge in [0.2, 0.25) is 0 Å². The van der Waals surface area contributed by atoms with Crippen molar-refractivity contribution in [3.05, 3.63) is 33.9 Å². The van der Waals surface area contributed by atoms with Crippen LogP contribution >= 0.6 is 0 Å². The molecule has 0 saturated carbocycles. The van der Waals surface area contributed by atoms with E-state index in [4.69, 9.17) is 5.73 Å². The first kappa shape index (κ1) is 13.8. The van der Waals surface area contributed by atoms with E-state index in [1.807, 2.05) is 6.92 Å². The third-order valence-corrected chi connectivity index (χ3v) is 3.68. The molecule has 2 rings (SSSR count). The fourth-order valence-electron chi connectivity index (χ4n) is 2.45. The minimum atomic E-state index is -0.411. The monoisotopic (exact) mass is 265 g/mol. The minimum absolute atomic E-state index is 0.0642. The predicted molar refractivity (Wildman–Crippen MR) is 72.6 cm³/mol. The van der Waals surface area contributed by atoms with Gasteiger partial charge in [-0.15, -0.1) is 0 Å². The van der Waals surface area contributed by atoms with Crippen LogP contribution < -0.4 is 5.73 Å². The molecule has 0 spiro atoms. The van der Waals surface area contributed by atoms with E-state index in [2.05, 4.69) is 4.90 Å². The summed E-state index contributed by atoms with van der Waals surface area (Å²) in [5.74, 6) is 0.216. The number of likely N-dealkylation sites (tertiary alicyclic amines) is 1. The highest BCUT2D eigenvalue weighted by Crippen LogP contribution is 2.24. The van der Waals surface area contributed by atoms with Gasteiger partial charge in [-0.3, -0.25) is 15.0 Å². The first-order valence-corrected chi connectivity index (χ1v) is 6.40. The fourth-order valence-corrected chi connectivity index (χ4v) is 2.45. The van der Waals surface area contributed by atoms with Crippen molar-refractivity contribution in [1.29, 1.82) is 0 Å². The van der Waals surface area contributed by atoms with E-state index in [1.165, 1.54) is 12.1 Å². The molecule has 1 heterocycles. The van der Waals surface area contributed by atoms with Crippen LogP contribution in [0.2, 0.25) is 0 Å². The zero-order valence-corrected chi connectivity index (χ0v) is 11.0. The Labute approximate surface area is 112 Å². The van der Waals surface area contributed by atoms with Crippen molar-refractivity contribution in [2.75, 3.05) is 18.8 Å². The average Bonchev–Trinajstić information content (AvgIpc) is 2.36. The number of aliphatic hydroxyl groups is 1. The van der Waals surface area contributed by atoms with Gasteiger partial charge in [0.25, 0.3) is 5.69 Å². The summed E-state index contributed by atoms with van der Waals surface area (Å²) in [6.45, 7) is 4.16. The Kier molecular flexibility index (Phi) is 4.01. The molecule has 1 aliphatic rings. The Hall–Kier alpha value is -1.66. The van der Waals surface area contributed by atoms with E-state index in [-0.39, 0.29) is 17.7 Å². The third-order valence-electron chi connectivity index (χ3n) is 3.68. The molecule has 0 aromatic heterocycles. The second-order valence-corrected chi connectivity index (χ2v) is 5.21. The first-order chi connectivity index (χ1) is 8.97. The molecule has 2 unspecified atom stereocenters. The van der Waals surface area contributed by atoms with E-state index in [1.54, 1.807) is 6.07 Å². The Morgan fingerprint density at radius 3 is 2.95 bits per heavy atom. The molecule has 0 radical (unpaired) electrons. The van der Waals surface area contributed by atoms with Gasteiger partial charge in [0.05, 0.1) is 11.0 Å². The molecule has 0 bridgehead atoms. The number of benzene rings is 1. The zero-order valence-electron chi connectivity index (χ0n) is 11.0. The smallest absolute Gasteiger partial charge is 0.269 e. The van der Waals surface area contributed by atoms with Gasteiger partial charge < -0.3 is 10.8 Å². The van der Waals surface area contributed by atoms with Gasteiger partial charge in [0, 0.05) is 37.5 Å². The molecule has 1 aromatic rings. The van der Waals surface area contributed by atoms with Crippen LogP contribution in [0.3, 0.4) is 0 Å². The number of nitro benzene ring substituents is 1. The molecule has 104 valence electrons. The van der Waals surface area contributed by atoms with Gasteiger partial charge in [-0.05, 0) is 24.0 Å². The number of piperidine rings is 1. The maximum atomic E-state index is 10.8. The average molecular weight is 265 g/mol. The maximum absolute atomic E-state index is 10.8. The summed E-state index contributed by atoms with van der Waals surface area (Å²) in [6, 6.07) is 4.53. The number of nitrogen functional groups attached to an aromatic ring is 1. The summed E-state index contributed by atoms with van der Waals surface area (Å²) >= 11 is 0. The number of nitrogens with zero attached hydrogens (tertiary/aromatic N) is 2. The SMILES string of the molecule is CC1CN(Cc2cc([N+](=O)[O-])ccc2N)CCC1O. The molecule has 19 heavy (non-hydrogen) atoms. The topological polar surface area (TPSA) is 92.6 Å². The highest BCUT2D eigenvalue weighted by molar-refractivity contribution is 5.52. The van der Waals surface area contributed by atoms with Crippen LogP contribution in [-0.2, 0) is 6.54 Å². The molecule has 0 aliphatic carbocycles. The van der Waals surface area contributed by atoms with Gasteiger partial charge in [-0.2, -0.15) is 0 Å². The van der Waals surface area contributed by atoms with Gasteiger partial charge in [-0.1, -0.05) is 6.92 Å². The number of nitro groups is 1. The number of non-ortho nitro benzene ring substituents is 1. The standard InChI is InChI=1S/C13H19N3O3/c1-9-7-15(5-4-13(9)17)8-10-6-11(16(18)19)2-3-12(10)14/h2-3,6,9,13,17H,4-5,7-8,14H2,1H3. The minimum Gasteiger partial charge on any atom is -0.398 e. The number of rotatable bonds is 3. The van der Waals surface area contributed by atoms with Gasteiger partial charge in [-0.25, -0.2) is 0 Å². The number of aliphatic hydroxyl groups excluding tert-OH is 1. The van der Waals surface area contributed by atoms with Crippen LogP contribution in [0.4, 0.5) is 11.4 Å². The van der Waals surface area contributed by atoms with Crippen molar-refractivity contribution in [2.45, 2.75) is 26.0 Å². The van der Waals surface area contributed by atoms with Gasteiger partial charge >= 0.3 is 0 Å². The summed E-state index contributed by atoms with van der Waals surface area (Å²) < 4.78 is 0. The van der Waals surface area contributed by atoms with E-state index >= 15 is 0 Å². The van der Waals surface area contributed by atoms with E-state index in [0.717, 1.165) is 25.1 Å². The van der Waals surface area contributed by atoms with Crippen LogP contribution in [0.1, 0.15) is 18.9 Å². The zero-order chi connectivity index (χ0) is 14.0. The normalized spacial score (nSPS) is 24.3. The van der Waals surface area contributed by atoms with Crippen LogP contribution in [-0.4, -0.2) is 34.1 Å². The highest BCUT2D eigenvalue weighted by atomic mass is 16.6. The Morgan fingerprint density at radius 1 is 1.58 bits per heavy atom. The van der Waals surface area contributed by atoms with Crippen molar-refractivity contribution < 1.29 is 10.0 Å². The number of nitrogens with two attached hydrogens (primary N) is 1. The van der Waals surface area contributed by atoms with Crippen molar-refractivity contribution in [1.82, 2.24) is 4.90 Å². The molecule has 1 aliphatic heterocycles. The lowest BCUT2D eigenvalue weighted by molar-refractivity contribution is -0.384. The largest absolute Gasteiger partial charge is 0.398 e. The number of hydrogen-bond donors (Lipinski definition) is 2. The van der Waals surface area contributed by atoms with Crippen molar-refractivity contribution in [3.8, 4) is 0 Å². The molecular formula is C13H19N3O3. The molecule has 1 saturated heterocycles. The fraction of sp³-hybridized carbons (Fsp3) is 0.538. The molecule has 6 nitrogen and oxygen atoms in total. The van der Waals surface area contributed by atoms with Gasteiger partial charge in [0.15, 0.2) is 0 Å². The summed E-state index contributed by atoms with van der Waals surface area (Å²) in [5, 5.41) is 20.5. The lowest BCUT2D eigenvalue weighted by atomic mass is 9.96. The van der Waals surface area contributed by atoms with Crippen molar-refractivity contribution in [2.24, 2.45) is 5.92 Å². The summed E-state index contributed by atoms with van der Waals surface area (Å²) in [7, 11) is 0. The van der Waals surface area contributed by atoms with Crippen LogP contribution in [0.25, 0.3) is 0 Å². The predicted octanol–water partition coefficient (Wildman–Crippen LogP) is 1.38. The molecule has 2 atom stereocenters. The van der Waals surface area contributed by atoms with E-state index in [9.17, 15) is 15.2 Å². The van der Waals surface area contributed by atoms with Crippen molar-refractivity contribution in [3.63, 3.8) is 0 Å². The Morgan fingerprint density at radius 2 is 2.32 bits per heavy atom. The first-order valence-electron chi connectivity index (χ1n) is 6.40. The van der Waals surface area contributed by atoms with E-state index in [0.29, 0.717) is 12.2 Å². The van der Waals surface area contributed by atoms with Crippen LogP contribution in [0, 0.1) is 16.0 Å². The second kappa shape index (κ2) is 5.54. The summed E-state index contributed by atoms with van der Waals surface area (Å²) in [5.41, 5.74) is 7.28. The number of hydrogen-bond acceptors (Lipinski definition) is 5. The molecular weight excluding hydrogens is 246 g/mol. The van der Waals surface area contributed by atoms with Crippen molar-refractivity contribution >= 4 is 11.4 Å².